The van der Waals surface area contributed by atoms with E-state index in [0.29, 0.717) is 26.2 Å². The molecule has 0 aromatic carbocycles. The van der Waals surface area contributed by atoms with Gasteiger partial charge < -0.3 is 10.2 Å². The Balaban J connectivity index is 2.35. The van der Waals surface area contributed by atoms with E-state index in [1.54, 1.807) is 0 Å². The Morgan fingerprint density at radius 3 is 1.90 bits per heavy atom. The van der Waals surface area contributed by atoms with Crippen molar-refractivity contribution in [2.45, 2.75) is 41.5 Å². The number of ketones is 1. The van der Waals surface area contributed by atoms with Gasteiger partial charge >= 0.3 is 6.03 Å². The van der Waals surface area contributed by atoms with Crippen LogP contribution in [0.4, 0.5) is 4.79 Å². The lowest BCUT2D eigenvalue weighted by Gasteiger charge is -2.35. The summed E-state index contributed by atoms with van der Waals surface area (Å²) in [5.74, 6) is 0.258. The van der Waals surface area contributed by atoms with E-state index >= 15 is 0 Å². The van der Waals surface area contributed by atoms with Gasteiger partial charge in [0.25, 0.3) is 0 Å². The Labute approximate surface area is 129 Å². The number of nitrogens with zero attached hydrogens (tertiary/aromatic N) is 2. The minimum atomic E-state index is -0.290. The molecule has 0 bridgehead atoms. The molecule has 5 heteroatoms. The maximum absolute atomic E-state index is 12.1. The molecule has 122 valence electrons. The average Bonchev–Trinajstić information content (AvgIpc) is 2.35. The van der Waals surface area contributed by atoms with Crippen LogP contribution in [0.15, 0.2) is 0 Å². The first-order valence-electron chi connectivity index (χ1n) is 7.77. The molecule has 1 saturated heterocycles. The maximum atomic E-state index is 12.1. The number of rotatable bonds is 3. The molecule has 0 saturated carbocycles. The number of carbonyl (C=O) groups excluding carboxylic acids is 2. The van der Waals surface area contributed by atoms with E-state index in [2.05, 4.69) is 31.0 Å². The van der Waals surface area contributed by atoms with Gasteiger partial charge in [0.2, 0.25) is 0 Å². The molecule has 1 aliphatic rings. The van der Waals surface area contributed by atoms with Gasteiger partial charge in [0.05, 0.1) is 6.54 Å². The highest BCUT2D eigenvalue weighted by Gasteiger charge is 2.27. The predicted octanol–water partition coefficient (Wildman–Crippen LogP) is 1.97. The van der Waals surface area contributed by atoms with Crippen LogP contribution >= 0.6 is 0 Å². The van der Waals surface area contributed by atoms with Crippen molar-refractivity contribution in [1.82, 2.24) is 15.1 Å². The Morgan fingerprint density at radius 2 is 1.48 bits per heavy atom. The van der Waals surface area contributed by atoms with Crippen molar-refractivity contribution in [3.8, 4) is 0 Å². The van der Waals surface area contributed by atoms with Crippen LogP contribution in [-0.4, -0.2) is 60.9 Å². The van der Waals surface area contributed by atoms with Crippen molar-refractivity contribution in [2.24, 2.45) is 10.8 Å². The fourth-order valence-electron chi connectivity index (χ4n) is 2.00. The molecule has 21 heavy (non-hydrogen) atoms. The summed E-state index contributed by atoms with van der Waals surface area (Å²) in [4.78, 5) is 28.1. The van der Waals surface area contributed by atoms with Crippen LogP contribution in [0.3, 0.4) is 0 Å². The summed E-state index contributed by atoms with van der Waals surface area (Å²) in [6, 6.07) is 0.00622. The zero-order valence-corrected chi connectivity index (χ0v) is 14.5. The molecule has 0 aromatic rings. The van der Waals surface area contributed by atoms with E-state index in [4.69, 9.17) is 0 Å². The molecule has 0 atom stereocenters. The normalized spacial score (nSPS) is 17.7. The smallest absolute Gasteiger partial charge is 0.317 e. The summed E-state index contributed by atoms with van der Waals surface area (Å²) in [7, 11) is 0. The molecule has 0 unspecified atom stereocenters. The summed E-state index contributed by atoms with van der Waals surface area (Å²) in [5.41, 5.74) is -0.197. The first kappa shape index (κ1) is 18.0. The van der Waals surface area contributed by atoms with Gasteiger partial charge in [-0.1, -0.05) is 41.5 Å². The van der Waals surface area contributed by atoms with E-state index in [1.807, 2.05) is 25.7 Å². The lowest BCUT2D eigenvalue weighted by molar-refractivity contribution is -0.127. The Bertz CT molecular complexity index is 372. The van der Waals surface area contributed by atoms with Crippen LogP contribution in [-0.2, 0) is 4.79 Å². The van der Waals surface area contributed by atoms with Crippen molar-refractivity contribution in [2.75, 3.05) is 39.3 Å². The summed E-state index contributed by atoms with van der Waals surface area (Å²) in [6.07, 6.45) is 0. The minimum Gasteiger partial charge on any atom is -0.337 e. The van der Waals surface area contributed by atoms with Gasteiger partial charge in [0.1, 0.15) is 0 Å². The molecule has 0 spiro atoms. The molecule has 0 aromatic heterocycles. The van der Waals surface area contributed by atoms with Gasteiger partial charge in [-0.05, 0) is 5.41 Å². The Morgan fingerprint density at radius 1 is 0.952 bits per heavy atom. The Hall–Kier alpha value is -1.10. The highest BCUT2D eigenvalue weighted by atomic mass is 16.2. The second kappa shape index (κ2) is 6.77. The third kappa shape index (κ3) is 6.46. The molecule has 0 radical (unpaired) electrons. The van der Waals surface area contributed by atoms with E-state index in [9.17, 15) is 9.59 Å². The molecule has 0 aliphatic carbocycles. The SMILES string of the molecule is CC(C)(C)CNC(=O)N1CCN(CC(=O)C(C)(C)C)CC1. The molecule has 1 rings (SSSR count). The number of hydrogen-bond acceptors (Lipinski definition) is 3. The van der Waals surface area contributed by atoms with Crippen LogP contribution in [0.25, 0.3) is 0 Å². The summed E-state index contributed by atoms with van der Waals surface area (Å²) < 4.78 is 0. The van der Waals surface area contributed by atoms with Crippen molar-refractivity contribution >= 4 is 11.8 Å². The summed E-state index contributed by atoms with van der Waals surface area (Å²) >= 11 is 0. The van der Waals surface area contributed by atoms with Crippen molar-refractivity contribution in [3.05, 3.63) is 0 Å². The van der Waals surface area contributed by atoms with E-state index < -0.39 is 0 Å². The van der Waals surface area contributed by atoms with Gasteiger partial charge in [-0.2, -0.15) is 0 Å². The fourth-order valence-corrected chi connectivity index (χ4v) is 2.00. The molecule has 5 nitrogen and oxygen atoms in total. The third-order valence-corrected chi connectivity index (χ3v) is 3.63. The number of piperazine rings is 1. The lowest BCUT2D eigenvalue weighted by Crippen LogP contribution is -2.53. The van der Waals surface area contributed by atoms with Crippen molar-refractivity contribution in [3.63, 3.8) is 0 Å². The van der Waals surface area contributed by atoms with Crippen LogP contribution in [0.1, 0.15) is 41.5 Å². The predicted molar refractivity (Wildman–Crippen MR) is 85.3 cm³/mol. The van der Waals surface area contributed by atoms with Gasteiger partial charge in [-0.25, -0.2) is 4.79 Å². The molecule has 1 N–H and O–H groups in total. The topological polar surface area (TPSA) is 52.7 Å². The highest BCUT2D eigenvalue weighted by molar-refractivity contribution is 5.85. The molecular formula is C16H31N3O2. The third-order valence-electron chi connectivity index (χ3n) is 3.63. The quantitative estimate of drug-likeness (QED) is 0.866. The van der Waals surface area contributed by atoms with Crippen molar-refractivity contribution in [1.29, 1.82) is 0 Å². The number of Topliss-reactive ketones (excluding diaryl/α,β-unsaturated/α-hetero) is 1. The molecule has 2 amide bonds. The first-order chi connectivity index (χ1) is 9.49. The number of carbonyl (C=O) groups is 2. The fraction of sp³-hybridized carbons (Fsp3) is 0.875. The van der Waals surface area contributed by atoms with Crippen LogP contribution < -0.4 is 5.32 Å². The Kier molecular flexibility index (Phi) is 5.79. The molecular weight excluding hydrogens is 266 g/mol. The highest BCUT2D eigenvalue weighted by Crippen LogP contribution is 2.16. The number of nitrogens with one attached hydrogen (secondary N) is 1. The first-order valence-corrected chi connectivity index (χ1v) is 7.77. The van der Waals surface area contributed by atoms with Crippen LogP contribution in [0, 0.1) is 10.8 Å². The van der Waals surface area contributed by atoms with E-state index in [-0.39, 0.29) is 22.6 Å². The zero-order chi connectivity index (χ0) is 16.3. The molecule has 1 aliphatic heterocycles. The van der Waals surface area contributed by atoms with Gasteiger partial charge in [-0.15, -0.1) is 0 Å². The number of amides is 2. The molecule has 1 fully saturated rings. The second-order valence-electron chi connectivity index (χ2n) is 8.16. The minimum absolute atomic E-state index is 0.00622. The van der Waals surface area contributed by atoms with E-state index in [1.165, 1.54) is 0 Å². The van der Waals surface area contributed by atoms with Crippen LogP contribution in [0.5, 0.6) is 0 Å². The van der Waals surface area contributed by atoms with Crippen LogP contribution in [0.2, 0.25) is 0 Å². The number of urea groups is 1. The van der Waals surface area contributed by atoms with Gasteiger partial charge in [0, 0.05) is 38.1 Å². The van der Waals surface area contributed by atoms with Gasteiger partial charge in [0.15, 0.2) is 5.78 Å². The van der Waals surface area contributed by atoms with Crippen molar-refractivity contribution < 1.29 is 9.59 Å². The second-order valence-corrected chi connectivity index (χ2v) is 8.16. The maximum Gasteiger partial charge on any atom is 0.317 e. The lowest BCUT2D eigenvalue weighted by atomic mass is 9.90. The average molecular weight is 297 g/mol. The monoisotopic (exact) mass is 297 g/mol. The van der Waals surface area contributed by atoms with E-state index in [0.717, 1.165) is 13.1 Å². The zero-order valence-electron chi connectivity index (χ0n) is 14.5. The largest absolute Gasteiger partial charge is 0.337 e. The standard InChI is InChI=1S/C16H31N3O2/c1-15(2,3)12-17-14(21)19-9-7-18(8-10-19)11-13(20)16(4,5)6/h7-12H2,1-6H3,(H,17,21). The van der Waals surface area contributed by atoms with Gasteiger partial charge in [-0.3, -0.25) is 9.69 Å². The summed E-state index contributed by atoms with van der Waals surface area (Å²) in [6.45, 7) is 16.2. The summed E-state index contributed by atoms with van der Waals surface area (Å²) in [5, 5.41) is 2.97. The molecule has 1 heterocycles. The number of hydrogen-bond donors (Lipinski definition) is 1.